The zero-order valence-corrected chi connectivity index (χ0v) is 11.0. The van der Waals surface area contributed by atoms with Gasteiger partial charge in [0, 0.05) is 36.4 Å². The molecule has 0 amide bonds. The molecular weight excluding hydrogens is 285 g/mol. The van der Waals surface area contributed by atoms with E-state index in [0.717, 1.165) is 16.6 Å². The molecule has 90 valence electrons. The Bertz CT molecular complexity index is 510. The Morgan fingerprint density at radius 2 is 2.24 bits per heavy atom. The van der Waals surface area contributed by atoms with Gasteiger partial charge in [0.05, 0.1) is 5.69 Å². The van der Waals surface area contributed by atoms with Gasteiger partial charge in [-0.25, -0.2) is 4.39 Å². The summed E-state index contributed by atoms with van der Waals surface area (Å²) in [6, 6.07) is 6.95. The molecule has 0 bridgehead atoms. The first-order chi connectivity index (χ1) is 8.16. The molecule has 2 aromatic rings. The van der Waals surface area contributed by atoms with E-state index in [0.29, 0.717) is 12.2 Å². The highest BCUT2D eigenvalue weighted by molar-refractivity contribution is 9.10. The Kier molecular flexibility index (Phi) is 3.78. The Morgan fingerprint density at radius 3 is 2.88 bits per heavy atom. The predicted molar refractivity (Wildman–Crippen MR) is 69.5 cm³/mol. The molecule has 0 aliphatic rings. The summed E-state index contributed by atoms with van der Waals surface area (Å²) in [6.45, 7) is 0.679. The summed E-state index contributed by atoms with van der Waals surface area (Å²) in [4.78, 5) is 0. The number of rotatable bonds is 4. The molecule has 0 fully saturated rings. The summed E-state index contributed by atoms with van der Waals surface area (Å²) in [7, 11) is 1.90. The highest BCUT2D eigenvalue weighted by Crippen LogP contribution is 2.19. The van der Waals surface area contributed by atoms with Crippen LogP contribution in [0, 0.1) is 5.82 Å². The molecule has 0 radical (unpaired) electrons. The van der Waals surface area contributed by atoms with E-state index < -0.39 is 0 Å². The van der Waals surface area contributed by atoms with Crippen LogP contribution in [0.25, 0.3) is 0 Å². The maximum Gasteiger partial charge on any atom is 0.147 e. The fraction of sp³-hybridized carbons (Fsp3) is 0.250. The molecule has 0 saturated heterocycles. The number of hydrogen-bond acceptors (Lipinski definition) is 2. The van der Waals surface area contributed by atoms with E-state index in [-0.39, 0.29) is 5.82 Å². The predicted octanol–water partition coefficient (Wildman–Crippen LogP) is 2.98. The molecule has 0 aliphatic carbocycles. The monoisotopic (exact) mass is 297 g/mol. The number of halogens is 2. The van der Waals surface area contributed by atoms with Crippen molar-refractivity contribution in [3.05, 3.63) is 46.4 Å². The third-order valence-electron chi connectivity index (χ3n) is 2.55. The zero-order valence-electron chi connectivity index (χ0n) is 9.45. The first-order valence-corrected chi connectivity index (χ1v) is 6.12. The summed E-state index contributed by atoms with van der Waals surface area (Å²) in [6.07, 6.45) is 2.57. The third-order valence-corrected chi connectivity index (χ3v) is 3.04. The van der Waals surface area contributed by atoms with Gasteiger partial charge in [-0.15, -0.1) is 0 Å². The van der Waals surface area contributed by atoms with Gasteiger partial charge in [0.15, 0.2) is 0 Å². The second kappa shape index (κ2) is 5.31. The molecule has 0 unspecified atom stereocenters. The first kappa shape index (κ1) is 12.1. The van der Waals surface area contributed by atoms with Crippen molar-refractivity contribution >= 4 is 21.6 Å². The molecule has 0 spiro atoms. The van der Waals surface area contributed by atoms with Crippen molar-refractivity contribution in [3.8, 4) is 0 Å². The Labute approximate surface area is 108 Å². The van der Waals surface area contributed by atoms with Crippen molar-refractivity contribution in [2.45, 2.75) is 6.42 Å². The van der Waals surface area contributed by atoms with Crippen molar-refractivity contribution in [2.75, 3.05) is 11.9 Å². The standard InChI is InChI=1S/C12H13BrFN3/c1-17-10(5-7-16-17)4-6-15-12-3-2-9(13)8-11(12)14/h2-3,5,7-8,15H,4,6H2,1H3. The lowest BCUT2D eigenvalue weighted by atomic mass is 10.2. The molecule has 1 aromatic carbocycles. The summed E-state index contributed by atoms with van der Waals surface area (Å²) in [5.74, 6) is -0.246. The maximum atomic E-state index is 13.5. The molecule has 17 heavy (non-hydrogen) atoms. The van der Waals surface area contributed by atoms with Crippen LogP contribution in [0.1, 0.15) is 5.69 Å². The van der Waals surface area contributed by atoms with Gasteiger partial charge in [-0.2, -0.15) is 5.10 Å². The van der Waals surface area contributed by atoms with Gasteiger partial charge in [0.1, 0.15) is 5.82 Å². The van der Waals surface area contributed by atoms with Gasteiger partial charge in [0.2, 0.25) is 0 Å². The largest absolute Gasteiger partial charge is 0.382 e. The SMILES string of the molecule is Cn1nccc1CCNc1ccc(Br)cc1F. The third kappa shape index (κ3) is 3.06. The molecule has 0 saturated carbocycles. The number of anilines is 1. The van der Waals surface area contributed by atoms with Crippen LogP contribution in [0.15, 0.2) is 34.9 Å². The lowest BCUT2D eigenvalue weighted by Crippen LogP contribution is -2.09. The van der Waals surface area contributed by atoms with Crippen LogP contribution in [0.2, 0.25) is 0 Å². The number of benzene rings is 1. The van der Waals surface area contributed by atoms with E-state index >= 15 is 0 Å². The van der Waals surface area contributed by atoms with Crippen molar-refractivity contribution in [3.63, 3.8) is 0 Å². The molecule has 5 heteroatoms. The Balaban J connectivity index is 1.92. The van der Waals surface area contributed by atoms with Gasteiger partial charge in [-0.1, -0.05) is 15.9 Å². The minimum atomic E-state index is -0.246. The van der Waals surface area contributed by atoms with E-state index in [1.165, 1.54) is 6.07 Å². The Hall–Kier alpha value is -1.36. The topological polar surface area (TPSA) is 29.9 Å². The van der Waals surface area contributed by atoms with Gasteiger partial charge in [0.25, 0.3) is 0 Å². The van der Waals surface area contributed by atoms with Gasteiger partial charge >= 0.3 is 0 Å². The molecule has 1 heterocycles. The molecule has 0 atom stereocenters. The minimum Gasteiger partial charge on any atom is -0.382 e. The van der Waals surface area contributed by atoms with Crippen LogP contribution >= 0.6 is 15.9 Å². The number of hydrogen-bond donors (Lipinski definition) is 1. The second-order valence-electron chi connectivity index (χ2n) is 3.75. The van der Waals surface area contributed by atoms with Crippen LogP contribution in [0.4, 0.5) is 10.1 Å². The molecule has 0 aliphatic heterocycles. The van der Waals surface area contributed by atoms with Crippen LogP contribution in [0.3, 0.4) is 0 Å². The second-order valence-corrected chi connectivity index (χ2v) is 4.66. The lowest BCUT2D eigenvalue weighted by molar-refractivity contribution is 0.628. The molecule has 2 rings (SSSR count). The van der Waals surface area contributed by atoms with Crippen LogP contribution in [-0.4, -0.2) is 16.3 Å². The lowest BCUT2D eigenvalue weighted by Gasteiger charge is -2.07. The van der Waals surface area contributed by atoms with E-state index in [4.69, 9.17) is 0 Å². The minimum absolute atomic E-state index is 0.246. The first-order valence-electron chi connectivity index (χ1n) is 5.32. The van der Waals surface area contributed by atoms with Crippen molar-refractivity contribution in [2.24, 2.45) is 7.05 Å². The molecule has 1 aromatic heterocycles. The van der Waals surface area contributed by atoms with E-state index in [2.05, 4.69) is 26.3 Å². The quantitative estimate of drug-likeness (QED) is 0.940. The normalized spacial score (nSPS) is 10.5. The van der Waals surface area contributed by atoms with E-state index in [9.17, 15) is 4.39 Å². The van der Waals surface area contributed by atoms with Crippen molar-refractivity contribution < 1.29 is 4.39 Å². The van der Waals surface area contributed by atoms with Crippen molar-refractivity contribution in [1.82, 2.24) is 9.78 Å². The van der Waals surface area contributed by atoms with Gasteiger partial charge in [-0.3, -0.25) is 4.68 Å². The van der Waals surface area contributed by atoms with Crippen LogP contribution < -0.4 is 5.32 Å². The zero-order chi connectivity index (χ0) is 12.3. The van der Waals surface area contributed by atoms with Crippen molar-refractivity contribution in [1.29, 1.82) is 0 Å². The number of nitrogens with zero attached hydrogens (tertiary/aromatic N) is 2. The van der Waals surface area contributed by atoms with Crippen LogP contribution in [0.5, 0.6) is 0 Å². The van der Waals surface area contributed by atoms with E-state index in [1.54, 1.807) is 12.3 Å². The highest BCUT2D eigenvalue weighted by atomic mass is 79.9. The number of aryl methyl sites for hydroxylation is 1. The highest BCUT2D eigenvalue weighted by Gasteiger charge is 2.03. The van der Waals surface area contributed by atoms with Gasteiger partial charge in [-0.05, 0) is 24.3 Å². The molecule has 1 N–H and O–H groups in total. The summed E-state index contributed by atoms with van der Waals surface area (Å²) >= 11 is 3.23. The summed E-state index contributed by atoms with van der Waals surface area (Å²) < 4.78 is 16.0. The number of nitrogens with one attached hydrogen (secondary N) is 1. The Morgan fingerprint density at radius 1 is 1.41 bits per heavy atom. The van der Waals surface area contributed by atoms with E-state index in [1.807, 2.05) is 23.9 Å². The maximum absolute atomic E-state index is 13.5. The number of aromatic nitrogens is 2. The average molecular weight is 298 g/mol. The molecule has 3 nitrogen and oxygen atoms in total. The fourth-order valence-corrected chi connectivity index (χ4v) is 1.94. The summed E-state index contributed by atoms with van der Waals surface area (Å²) in [5.41, 5.74) is 1.64. The molecular formula is C12H13BrFN3. The van der Waals surface area contributed by atoms with Crippen LogP contribution in [-0.2, 0) is 13.5 Å². The van der Waals surface area contributed by atoms with Gasteiger partial charge < -0.3 is 5.32 Å². The average Bonchev–Trinajstić information content (AvgIpc) is 2.68. The smallest absolute Gasteiger partial charge is 0.147 e. The summed E-state index contributed by atoms with van der Waals surface area (Å²) in [5, 5.41) is 7.15. The fourth-order valence-electron chi connectivity index (χ4n) is 1.60.